The van der Waals surface area contributed by atoms with E-state index in [1.807, 2.05) is 0 Å². The number of unbranched alkanes of at least 4 members (excludes halogenated alkanes) is 1. The molecule has 0 spiro atoms. The van der Waals surface area contributed by atoms with E-state index in [4.69, 9.17) is 4.74 Å². The molecule has 0 aromatic heterocycles. The van der Waals surface area contributed by atoms with Crippen molar-refractivity contribution in [2.24, 2.45) is 0 Å². The molecular formula is C16H32N2O. The van der Waals surface area contributed by atoms with Gasteiger partial charge in [0.25, 0.3) is 0 Å². The zero-order valence-corrected chi connectivity index (χ0v) is 12.9. The minimum Gasteiger partial charge on any atom is -0.385 e. The summed E-state index contributed by atoms with van der Waals surface area (Å²) in [6.07, 6.45) is 10.8. The Kier molecular flexibility index (Phi) is 6.62. The summed E-state index contributed by atoms with van der Waals surface area (Å²) in [6, 6.07) is 2.49. The fourth-order valence-electron chi connectivity index (χ4n) is 3.90. The lowest BCUT2D eigenvalue weighted by atomic mass is 9.81. The van der Waals surface area contributed by atoms with Gasteiger partial charge in [0.2, 0.25) is 0 Å². The van der Waals surface area contributed by atoms with E-state index in [2.05, 4.69) is 17.1 Å². The highest BCUT2D eigenvalue weighted by Gasteiger charge is 2.37. The van der Waals surface area contributed by atoms with Crippen LogP contribution in [0.5, 0.6) is 0 Å². The molecule has 0 saturated carbocycles. The minimum atomic E-state index is 0.783. The van der Waals surface area contributed by atoms with Crippen molar-refractivity contribution >= 4 is 0 Å². The fraction of sp³-hybridized carbons (Fsp3) is 1.00. The van der Waals surface area contributed by atoms with Gasteiger partial charge in [-0.3, -0.25) is 4.90 Å². The van der Waals surface area contributed by atoms with Crippen molar-refractivity contribution in [1.82, 2.24) is 10.2 Å². The van der Waals surface area contributed by atoms with Crippen LogP contribution in [-0.2, 0) is 4.74 Å². The summed E-state index contributed by atoms with van der Waals surface area (Å²) in [6.45, 7) is 5.67. The summed E-state index contributed by atoms with van der Waals surface area (Å²) in [5, 5.41) is 3.75. The first-order valence-corrected chi connectivity index (χ1v) is 8.33. The summed E-state index contributed by atoms with van der Waals surface area (Å²) in [4.78, 5) is 2.82. The van der Waals surface area contributed by atoms with Gasteiger partial charge in [0, 0.05) is 31.8 Å². The van der Waals surface area contributed by atoms with Crippen LogP contribution in [0, 0.1) is 0 Å². The Labute approximate surface area is 119 Å². The molecule has 112 valence electrons. The number of hydrogen-bond acceptors (Lipinski definition) is 3. The molecule has 2 bridgehead atoms. The van der Waals surface area contributed by atoms with Crippen LogP contribution in [0.3, 0.4) is 0 Å². The van der Waals surface area contributed by atoms with E-state index >= 15 is 0 Å². The second-order valence-electron chi connectivity index (χ2n) is 6.30. The van der Waals surface area contributed by atoms with Crippen molar-refractivity contribution < 1.29 is 4.74 Å². The van der Waals surface area contributed by atoms with Crippen molar-refractivity contribution in [2.45, 2.75) is 76.4 Å². The Morgan fingerprint density at radius 1 is 1.16 bits per heavy atom. The fourth-order valence-corrected chi connectivity index (χ4v) is 3.90. The van der Waals surface area contributed by atoms with E-state index in [9.17, 15) is 0 Å². The number of nitrogens with zero attached hydrogens (tertiary/aromatic N) is 1. The first-order chi connectivity index (χ1) is 9.35. The quantitative estimate of drug-likeness (QED) is 0.685. The van der Waals surface area contributed by atoms with E-state index in [-0.39, 0.29) is 0 Å². The molecule has 2 atom stereocenters. The van der Waals surface area contributed by atoms with Gasteiger partial charge in [-0.05, 0) is 58.0 Å². The summed E-state index contributed by atoms with van der Waals surface area (Å²) in [5.41, 5.74) is 0. The maximum atomic E-state index is 5.16. The average molecular weight is 268 g/mol. The molecule has 3 nitrogen and oxygen atoms in total. The molecule has 2 heterocycles. The Bertz CT molecular complexity index is 233. The molecule has 0 aliphatic carbocycles. The Balaban J connectivity index is 1.78. The van der Waals surface area contributed by atoms with Gasteiger partial charge in [-0.1, -0.05) is 13.3 Å². The van der Waals surface area contributed by atoms with Gasteiger partial charge in [-0.25, -0.2) is 0 Å². The van der Waals surface area contributed by atoms with Gasteiger partial charge >= 0.3 is 0 Å². The van der Waals surface area contributed by atoms with E-state index < -0.39 is 0 Å². The van der Waals surface area contributed by atoms with E-state index in [0.717, 1.165) is 24.7 Å². The summed E-state index contributed by atoms with van der Waals surface area (Å²) >= 11 is 0. The molecule has 2 aliphatic heterocycles. The number of ether oxygens (including phenoxy) is 1. The molecular weight excluding hydrogens is 236 g/mol. The van der Waals surface area contributed by atoms with Gasteiger partial charge in [-0.2, -0.15) is 0 Å². The largest absolute Gasteiger partial charge is 0.385 e. The van der Waals surface area contributed by atoms with Crippen molar-refractivity contribution in [3.05, 3.63) is 0 Å². The third-order valence-electron chi connectivity index (χ3n) is 4.82. The van der Waals surface area contributed by atoms with Crippen molar-refractivity contribution in [1.29, 1.82) is 0 Å². The molecule has 0 radical (unpaired) electrons. The summed E-state index contributed by atoms with van der Waals surface area (Å²) in [7, 11) is 1.81. The third-order valence-corrected chi connectivity index (χ3v) is 4.82. The van der Waals surface area contributed by atoms with Crippen LogP contribution in [0.25, 0.3) is 0 Å². The van der Waals surface area contributed by atoms with Gasteiger partial charge in [0.1, 0.15) is 0 Å². The second-order valence-corrected chi connectivity index (χ2v) is 6.30. The molecule has 2 unspecified atom stereocenters. The number of rotatable bonds is 8. The van der Waals surface area contributed by atoms with Gasteiger partial charge in [0.15, 0.2) is 0 Å². The number of methoxy groups -OCH3 is 1. The predicted molar refractivity (Wildman–Crippen MR) is 80.6 cm³/mol. The number of fused-ring (bicyclic) bond motifs is 2. The van der Waals surface area contributed by atoms with E-state index in [1.165, 1.54) is 64.5 Å². The standard InChI is InChI=1S/C16H32N2O/c1-3-9-17-14-12-15-7-6-8-16(13-14)18(15)10-4-5-11-19-2/h14-17H,3-13H2,1-2H3. The number of nitrogens with one attached hydrogen (secondary N) is 1. The van der Waals surface area contributed by atoms with Crippen LogP contribution in [0.1, 0.15) is 58.3 Å². The highest BCUT2D eigenvalue weighted by Crippen LogP contribution is 2.34. The summed E-state index contributed by atoms with van der Waals surface area (Å²) in [5.74, 6) is 0. The lowest BCUT2D eigenvalue weighted by Gasteiger charge is -2.49. The summed E-state index contributed by atoms with van der Waals surface area (Å²) < 4.78 is 5.16. The molecule has 2 rings (SSSR count). The molecule has 0 amide bonds. The average Bonchev–Trinajstić information content (AvgIpc) is 2.41. The van der Waals surface area contributed by atoms with E-state index in [0.29, 0.717) is 0 Å². The lowest BCUT2D eigenvalue weighted by molar-refractivity contribution is 0.0220. The maximum absolute atomic E-state index is 5.16. The van der Waals surface area contributed by atoms with Crippen LogP contribution in [0.15, 0.2) is 0 Å². The first kappa shape index (κ1) is 15.3. The number of piperidine rings is 2. The maximum Gasteiger partial charge on any atom is 0.0462 e. The Hall–Kier alpha value is -0.120. The van der Waals surface area contributed by atoms with Crippen LogP contribution >= 0.6 is 0 Å². The second kappa shape index (κ2) is 8.23. The van der Waals surface area contributed by atoms with Crippen molar-refractivity contribution in [3.8, 4) is 0 Å². The molecule has 19 heavy (non-hydrogen) atoms. The third kappa shape index (κ3) is 4.44. The van der Waals surface area contributed by atoms with Crippen LogP contribution < -0.4 is 5.32 Å². The van der Waals surface area contributed by atoms with Gasteiger partial charge < -0.3 is 10.1 Å². The molecule has 2 saturated heterocycles. The molecule has 3 heteroatoms. The lowest BCUT2D eigenvalue weighted by Crippen LogP contribution is -2.56. The SMILES string of the molecule is CCCNC1CC2CCCC(C1)N2CCCCOC. The minimum absolute atomic E-state index is 0.783. The highest BCUT2D eigenvalue weighted by molar-refractivity contribution is 4.94. The Morgan fingerprint density at radius 2 is 1.89 bits per heavy atom. The first-order valence-electron chi connectivity index (χ1n) is 8.33. The molecule has 1 N–H and O–H groups in total. The molecule has 0 aromatic rings. The zero-order chi connectivity index (χ0) is 13.5. The topological polar surface area (TPSA) is 24.5 Å². The zero-order valence-electron chi connectivity index (χ0n) is 12.9. The monoisotopic (exact) mass is 268 g/mol. The van der Waals surface area contributed by atoms with Crippen LogP contribution in [0.2, 0.25) is 0 Å². The normalized spacial score (nSPS) is 31.6. The van der Waals surface area contributed by atoms with Crippen LogP contribution in [0.4, 0.5) is 0 Å². The van der Waals surface area contributed by atoms with E-state index in [1.54, 1.807) is 7.11 Å². The van der Waals surface area contributed by atoms with Crippen LogP contribution in [-0.4, -0.2) is 49.8 Å². The van der Waals surface area contributed by atoms with Crippen molar-refractivity contribution in [2.75, 3.05) is 26.8 Å². The smallest absolute Gasteiger partial charge is 0.0462 e. The van der Waals surface area contributed by atoms with Gasteiger partial charge in [-0.15, -0.1) is 0 Å². The number of hydrogen-bond donors (Lipinski definition) is 1. The molecule has 2 aliphatic rings. The molecule has 2 fully saturated rings. The molecule has 0 aromatic carbocycles. The Morgan fingerprint density at radius 3 is 2.53 bits per heavy atom. The van der Waals surface area contributed by atoms with Crippen molar-refractivity contribution in [3.63, 3.8) is 0 Å². The highest BCUT2D eigenvalue weighted by atomic mass is 16.5. The van der Waals surface area contributed by atoms with Gasteiger partial charge in [0.05, 0.1) is 0 Å². The predicted octanol–water partition coefficient (Wildman–Crippen LogP) is 2.80.